The van der Waals surface area contributed by atoms with E-state index in [-0.39, 0.29) is 5.78 Å². The number of nitrogens with zero attached hydrogens (tertiary/aromatic N) is 1. The molecule has 1 atom stereocenters. The summed E-state index contributed by atoms with van der Waals surface area (Å²) < 4.78 is 0. The Kier molecular flexibility index (Phi) is 6.50. The molecule has 1 aromatic heterocycles. The standard InChI is InChI=1S/C15H25N3O/c1-11(2)13(5-7-16)3-4-14(19)9-12-6-8-18-15(17)10-12/h6,8,10-11,13H,3-5,7,9,16H2,1-2H3,(H2,17,18). The van der Waals surface area contributed by atoms with Crippen LogP contribution in [-0.4, -0.2) is 17.3 Å². The Morgan fingerprint density at radius 3 is 2.68 bits per heavy atom. The smallest absolute Gasteiger partial charge is 0.137 e. The van der Waals surface area contributed by atoms with Crippen molar-refractivity contribution in [2.75, 3.05) is 12.3 Å². The molecule has 1 rings (SSSR count). The molecule has 4 N–H and O–H groups in total. The number of ketones is 1. The molecule has 0 spiro atoms. The molecule has 19 heavy (non-hydrogen) atoms. The van der Waals surface area contributed by atoms with Crippen LogP contribution in [0.1, 0.15) is 38.7 Å². The van der Waals surface area contributed by atoms with Gasteiger partial charge in [0.1, 0.15) is 11.6 Å². The van der Waals surface area contributed by atoms with Gasteiger partial charge in [-0.05, 0) is 48.9 Å². The van der Waals surface area contributed by atoms with Crippen LogP contribution in [0, 0.1) is 11.8 Å². The van der Waals surface area contributed by atoms with Crippen LogP contribution in [0.3, 0.4) is 0 Å². The average Bonchev–Trinajstić information content (AvgIpc) is 2.34. The van der Waals surface area contributed by atoms with Gasteiger partial charge in [-0.25, -0.2) is 4.98 Å². The SMILES string of the molecule is CC(C)C(CCN)CCC(=O)Cc1ccnc(N)c1. The topological polar surface area (TPSA) is 82.0 Å². The molecule has 0 saturated heterocycles. The molecule has 1 aromatic rings. The average molecular weight is 263 g/mol. The van der Waals surface area contributed by atoms with Gasteiger partial charge in [-0.15, -0.1) is 0 Å². The first-order valence-electron chi connectivity index (χ1n) is 6.95. The van der Waals surface area contributed by atoms with Crippen LogP contribution in [0.15, 0.2) is 18.3 Å². The van der Waals surface area contributed by atoms with Crippen LogP contribution in [0.25, 0.3) is 0 Å². The van der Waals surface area contributed by atoms with E-state index in [4.69, 9.17) is 11.5 Å². The van der Waals surface area contributed by atoms with Crippen LogP contribution in [0.4, 0.5) is 5.82 Å². The maximum atomic E-state index is 12.0. The van der Waals surface area contributed by atoms with Gasteiger partial charge in [0.15, 0.2) is 0 Å². The summed E-state index contributed by atoms with van der Waals surface area (Å²) in [5.74, 6) is 1.84. The molecule has 0 aliphatic carbocycles. The maximum Gasteiger partial charge on any atom is 0.137 e. The zero-order valence-corrected chi connectivity index (χ0v) is 11.9. The third kappa shape index (κ3) is 5.83. The predicted molar refractivity (Wildman–Crippen MR) is 78.6 cm³/mol. The van der Waals surface area contributed by atoms with E-state index in [2.05, 4.69) is 18.8 Å². The number of carbonyl (C=O) groups is 1. The Morgan fingerprint density at radius 2 is 2.11 bits per heavy atom. The van der Waals surface area contributed by atoms with Crippen LogP contribution in [-0.2, 0) is 11.2 Å². The number of hydrogen-bond donors (Lipinski definition) is 2. The van der Waals surface area contributed by atoms with E-state index in [0.29, 0.717) is 37.0 Å². The van der Waals surface area contributed by atoms with Gasteiger partial charge in [0.2, 0.25) is 0 Å². The highest BCUT2D eigenvalue weighted by atomic mass is 16.1. The first-order chi connectivity index (χ1) is 9.02. The second kappa shape index (κ2) is 7.89. The van der Waals surface area contributed by atoms with Crippen molar-refractivity contribution in [3.8, 4) is 0 Å². The van der Waals surface area contributed by atoms with Crippen molar-refractivity contribution < 1.29 is 4.79 Å². The molecule has 1 heterocycles. The van der Waals surface area contributed by atoms with Crippen molar-refractivity contribution in [2.24, 2.45) is 17.6 Å². The molecule has 0 bridgehead atoms. The molecule has 1 unspecified atom stereocenters. The third-order valence-corrected chi connectivity index (χ3v) is 3.52. The quantitative estimate of drug-likeness (QED) is 0.753. The lowest BCUT2D eigenvalue weighted by molar-refractivity contribution is -0.118. The number of nitrogens with two attached hydrogens (primary N) is 2. The molecular formula is C15H25N3O. The van der Waals surface area contributed by atoms with Gasteiger partial charge in [0, 0.05) is 19.0 Å². The highest BCUT2D eigenvalue weighted by molar-refractivity contribution is 5.80. The van der Waals surface area contributed by atoms with E-state index in [1.807, 2.05) is 6.07 Å². The minimum absolute atomic E-state index is 0.258. The fraction of sp³-hybridized carbons (Fsp3) is 0.600. The summed E-state index contributed by atoms with van der Waals surface area (Å²) >= 11 is 0. The predicted octanol–water partition coefficient (Wildman–Crippen LogP) is 2.18. The minimum Gasteiger partial charge on any atom is -0.384 e. The summed E-state index contributed by atoms with van der Waals surface area (Å²) in [6.45, 7) is 5.07. The van der Waals surface area contributed by atoms with Gasteiger partial charge >= 0.3 is 0 Å². The number of carbonyl (C=O) groups excluding carboxylic acids is 1. The Hall–Kier alpha value is -1.42. The Balaban J connectivity index is 2.42. The van der Waals surface area contributed by atoms with Crippen molar-refractivity contribution in [1.82, 2.24) is 4.98 Å². The first kappa shape index (κ1) is 15.6. The summed E-state index contributed by atoms with van der Waals surface area (Å²) in [5.41, 5.74) is 12.1. The van der Waals surface area contributed by atoms with E-state index < -0.39 is 0 Å². The van der Waals surface area contributed by atoms with Gasteiger partial charge in [0.25, 0.3) is 0 Å². The first-order valence-corrected chi connectivity index (χ1v) is 6.95. The van der Waals surface area contributed by atoms with Gasteiger partial charge in [-0.2, -0.15) is 0 Å². The number of aromatic nitrogens is 1. The number of anilines is 1. The maximum absolute atomic E-state index is 12.0. The number of rotatable bonds is 8. The summed E-state index contributed by atoms with van der Waals surface area (Å²) in [4.78, 5) is 15.9. The summed E-state index contributed by atoms with van der Waals surface area (Å²) in [6, 6.07) is 3.60. The Bertz CT molecular complexity index is 404. The number of hydrogen-bond acceptors (Lipinski definition) is 4. The third-order valence-electron chi connectivity index (χ3n) is 3.52. The van der Waals surface area contributed by atoms with E-state index in [1.165, 1.54) is 0 Å². The fourth-order valence-electron chi connectivity index (χ4n) is 2.29. The van der Waals surface area contributed by atoms with Crippen LogP contribution in [0.2, 0.25) is 0 Å². The lowest BCUT2D eigenvalue weighted by atomic mass is 9.87. The van der Waals surface area contributed by atoms with Gasteiger partial charge in [-0.1, -0.05) is 13.8 Å². The van der Waals surface area contributed by atoms with Crippen molar-refractivity contribution in [1.29, 1.82) is 0 Å². The molecule has 106 valence electrons. The van der Waals surface area contributed by atoms with Crippen molar-refractivity contribution in [3.63, 3.8) is 0 Å². The highest BCUT2D eigenvalue weighted by Crippen LogP contribution is 2.21. The van der Waals surface area contributed by atoms with Crippen molar-refractivity contribution >= 4 is 11.6 Å². The zero-order valence-electron chi connectivity index (χ0n) is 11.9. The molecule has 0 amide bonds. The highest BCUT2D eigenvalue weighted by Gasteiger charge is 2.14. The molecule has 0 aliphatic rings. The zero-order chi connectivity index (χ0) is 14.3. The van der Waals surface area contributed by atoms with Crippen LogP contribution in [0.5, 0.6) is 0 Å². The van der Waals surface area contributed by atoms with Gasteiger partial charge < -0.3 is 11.5 Å². The molecular weight excluding hydrogens is 238 g/mol. The lowest BCUT2D eigenvalue weighted by Crippen LogP contribution is -2.16. The summed E-state index contributed by atoms with van der Waals surface area (Å²) in [5, 5.41) is 0. The number of pyridine rings is 1. The molecule has 0 aliphatic heterocycles. The summed E-state index contributed by atoms with van der Waals surface area (Å²) in [6.07, 6.45) is 4.62. The fourth-order valence-corrected chi connectivity index (χ4v) is 2.29. The number of Topliss-reactive ketones (excluding diaryl/α,β-unsaturated/α-hetero) is 1. The van der Waals surface area contributed by atoms with Gasteiger partial charge in [-0.3, -0.25) is 4.79 Å². The monoisotopic (exact) mass is 263 g/mol. The molecule has 0 fully saturated rings. The molecule has 0 aromatic carbocycles. The minimum atomic E-state index is 0.258. The van der Waals surface area contributed by atoms with Crippen molar-refractivity contribution in [2.45, 2.75) is 39.5 Å². The van der Waals surface area contributed by atoms with Crippen LogP contribution >= 0.6 is 0 Å². The van der Waals surface area contributed by atoms with E-state index >= 15 is 0 Å². The Labute approximate surface area is 115 Å². The second-order valence-corrected chi connectivity index (χ2v) is 5.42. The van der Waals surface area contributed by atoms with E-state index in [0.717, 1.165) is 18.4 Å². The van der Waals surface area contributed by atoms with Crippen LogP contribution < -0.4 is 11.5 Å². The molecule has 4 nitrogen and oxygen atoms in total. The van der Waals surface area contributed by atoms with E-state index in [9.17, 15) is 4.79 Å². The normalized spacial score (nSPS) is 12.6. The van der Waals surface area contributed by atoms with Gasteiger partial charge in [0.05, 0.1) is 0 Å². The van der Waals surface area contributed by atoms with E-state index in [1.54, 1.807) is 12.3 Å². The Morgan fingerprint density at radius 1 is 1.37 bits per heavy atom. The largest absolute Gasteiger partial charge is 0.384 e. The number of nitrogen functional groups attached to an aromatic ring is 1. The molecule has 0 radical (unpaired) electrons. The molecule has 0 saturated carbocycles. The molecule has 4 heteroatoms. The summed E-state index contributed by atoms with van der Waals surface area (Å²) in [7, 11) is 0. The lowest BCUT2D eigenvalue weighted by Gasteiger charge is -2.19. The second-order valence-electron chi connectivity index (χ2n) is 5.42. The van der Waals surface area contributed by atoms with Crippen molar-refractivity contribution in [3.05, 3.63) is 23.9 Å².